The number of carbonyl (C=O) groups is 2. The molecule has 1 atom stereocenters. The third-order valence-corrected chi connectivity index (χ3v) is 8.80. The van der Waals surface area contributed by atoms with E-state index >= 15 is 0 Å². The van der Waals surface area contributed by atoms with Gasteiger partial charge in [0.2, 0.25) is 11.8 Å². The molecule has 0 saturated heterocycles. The molecule has 0 bridgehead atoms. The van der Waals surface area contributed by atoms with Gasteiger partial charge in [0, 0.05) is 29.6 Å². The quantitative estimate of drug-likeness (QED) is 0.373. The summed E-state index contributed by atoms with van der Waals surface area (Å²) < 4.78 is 1.95. The Morgan fingerprint density at radius 1 is 1.27 bits per heavy atom. The molecule has 3 aromatic rings. The van der Waals surface area contributed by atoms with E-state index in [2.05, 4.69) is 47.7 Å². The van der Waals surface area contributed by atoms with E-state index in [9.17, 15) is 14.9 Å². The third kappa shape index (κ3) is 6.05. The zero-order chi connectivity index (χ0) is 26.7. The van der Waals surface area contributed by atoms with Crippen molar-refractivity contribution in [2.24, 2.45) is 11.3 Å². The van der Waals surface area contributed by atoms with Gasteiger partial charge >= 0.3 is 0 Å². The fourth-order valence-corrected chi connectivity index (χ4v) is 6.75. The molecule has 2 heterocycles. The number of thioether (sulfide) groups is 1. The number of anilines is 2. The molecule has 8 nitrogen and oxygen atoms in total. The lowest BCUT2D eigenvalue weighted by Gasteiger charge is -2.33. The topological polar surface area (TPSA) is 113 Å². The Morgan fingerprint density at radius 3 is 2.73 bits per heavy atom. The van der Waals surface area contributed by atoms with E-state index in [-0.39, 0.29) is 23.0 Å². The maximum atomic E-state index is 12.9. The maximum Gasteiger partial charge on any atom is 0.235 e. The van der Waals surface area contributed by atoms with Crippen molar-refractivity contribution < 1.29 is 9.59 Å². The van der Waals surface area contributed by atoms with E-state index < -0.39 is 0 Å². The fourth-order valence-electron chi connectivity index (χ4n) is 4.66. The van der Waals surface area contributed by atoms with Crippen molar-refractivity contribution >= 4 is 45.6 Å². The molecule has 2 N–H and O–H groups in total. The first-order chi connectivity index (χ1) is 17.6. The second-order valence-corrected chi connectivity index (χ2v) is 12.3. The van der Waals surface area contributed by atoms with Gasteiger partial charge in [-0.15, -0.1) is 21.5 Å². The number of hydrogen-bond donors (Lipinski definition) is 2. The van der Waals surface area contributed by atoms with Crippen LogP contribution in [0.4, 0.5) is 10.7 Å². The van der Waals surface area contributed by atoms with E-state index in [1.165, 1.54) is 23.6 Å². The normalized spacial score (nSPS) is 15.1. The zero-order valence-electron chi connectivity index (χ0n) is 21.8. The Morgan fingerprint density at radius 2 is 2.05 bits per heavy atom. The number of aromatic nitrogens is 3. The van der Waals surface area contributed by atoms with Crippen molar-refractivity contribution in [2.75, 3.05) is 16.4 Å². The largest absolute Gasteiger partial charge is 0.326 e. The van der Waals surface area contributed by atoms with Crippen LogP contribution in [0.25, 0.3) is 11.4 Å². The van der Waals surface area contributed by atoms with Gasteiger partial charge in [0.15, 0.2) is 11.0 Å². The minimum Gasteiger partial charge on any atom is -0.326 e. The molecule has 2 aromatic heterocycles. The van der Waals surface area contributed by atoms with E-state index in [1.54, 1.807) is 11.3 Å². The van der Waals surface area contributed by atoms with Gasteiger partial charge in [-0.05, 0) is 55.2 Å². The SMILES string of the molecule is CCn1c(SCC(=O)Nc2sc3c(c2C#N)CC[C@H](C(C)(C)C)C3)nnc1-c1cccc(NC(C)=O)c1. The van der Waals surface area contributed by atoms with E-state index in [1.807, 2.05) is 35.8 Å². The fraction of sp³-hybridized carbons (Fsp3) is 0.444. The van der Waals surface area contributed by atoms with Crippen LogP contribution < -0.4 is 10.6 Å². The zero-order valence-corrected chi connectivity index (χ0v) is 23.5. The molecule has 10 heteroatoms. The Balaban J connectivity index is 1.45. The summed E-state index contributed by atoms with van der Waals surface area (Å²) in [5.74, 6) is 1.08. The molecule has 1 aliphatic rings. The highest BCUT2D eigenvalue weighted by molar-refractivity contribution is 7.99. The summed E-state index contributed by atoms with van der Waals surface area (Å²) in [5.41, 5.74) is 3.45. The van der Waals surface area contributed by atoms with E-state index in [0.717, 1.165) is 30.4 Å². The molecule has 0 aliphatic heterocycles. The number of nitrogens with one attached hydrogen (secondary N) is 2. The standard InChI is InChI=1S/C27H32N6O2S2/c1-6-33-24(17-8-7-9-19(12-17)29-16(2)34)31-32-26(33)36-15-23(35)30-25-21(14-28)20-11-10-18(27(3,4)5)13-22(20)37-25/h7-9,12,18H,6,10-11,13,15H2,1-5H3,(H,29,34)(H,30,35)/t18-/m0/s1. The Kier molecular flexibility index (Phi) is 8.05. The monoisotopic (exact) mass is 536 g/mol. The molecule has 1 aromatic carbocycles. The van der Waals surface area contributed by atoms with Crippen LogP contribution in [0.3, 0.4) is 0 Å². The Bertz CT molecular complexity index is 1360. The average molecular weight is 537 g/mol. The Labute approximate surface area is 225 Å². The minimum absolute atomic E-state index is 0.142. The summed E-state index contributed by atoms with van der Waals surface area (Å²) in [6.07, 6.45) is 2.90. The third-order valence-electron chi connectivity index (χ3n) is 6.66. The molecule has 0 unspecified atom stereocenters. The predicted molar refractivity (Wildman–Crippen MR) is 149 cm³/mol. The van der Waals surface area contributed by atoms with E-state index in [0.29, 0.717) is 39.7 Å². The lowest BCUT2D eigenvalue weighted by atomic mass is 9.72. The van der Waals surface area contributed by atoms with Crippen LogP contribution >= 0.6 is 23.1 Å². The molecular weight excluding hydrogens is 504 g/mol. The van der Waals surface area contributed by atoms with Crippen LogP contribution in [0, 0.1) is 22.7 Å². The van der Waals surface area contributed by atoms with Gasteiger partial charge in [-0.25, -0.2) is 0 Å². The highest BCUT2D eigenvalue weighted by atomic mass is 32.2. The number of benzene rings is 1. The number of rotatable bonds is 7. The van der Waals surface area contributed by atoms with Crippen LogP contribution in [0.2, 0.25) is 0 Å². The number of fused-ring (bicyclic) bond motifs is 1. The maximum absolute atomic E-state index is 12.9. The number of nitriles is 1. The van der Waals surface area contributed by atoms with Gasteiger partial charge in [0.25, 0.3) is 0 Å². The van der Waals surface area contributed by atoms with Crippen LogP contribution in [0.15, 0.2) is 29.4 Å². The number of thiophene rings is 1. The average Bonchev–Trinajstić information content (AvgIpc) is 3.41. The molecule has 0 spiro atoms. The first-order valence-electron chi connectivity index (χ1n) is 12.4. The molecule has 0 radical (unpaired) electrons. The summed E-state index contributed by atoms with van der Waals surface area (Å²) in [6.45, 7) is 10.9. The number of nitrogens with zero attached hydrogens (tertiary/aromatic N) is 4. The van der Waals surface area contributed by atoms with Gasteiger partial charge < -0.3 is 15.2 Å². The number of amides is 2. The van der Waals surface area contributed by atoms with Gasteiger partial charge in [0.1, 0.15) is 11.1 Å². The highest BCUT2D eigenvalue weighted by Gasteiger charge is 2.32. The first kappa shape index (κ1) is 26.9. The van der Waals surface area contributed by atoms with Gasteiger partial charge in [-0.2, -0.15) is 5.26 Å². The molecule has 194 valence electrons. The van der Waals surface area contributed by atoms with Gasteiger partial charge in [-0.1, -0.05) is 44.7 Å². The lowest BCUT2D eigenvalue weighted by molar-refractivity contribution is -0.114. The summed E-state index contributed by atoms with van der Waals surface area (Å²) >= 11 is 2.85. The van der Waals surface area contributed by atoms with E-state index in [4.69, 9.17) is 0 Å². The van der Waals surface area contributed by atoms with Crippen molar-refractivity contribution in [3.05, 3.63) is 40.3 Å². The van der Waals surface area contributed by atoms with Crippen LogP contribution in [0.5, 0.6) is 0 Å². The number of carbonyl (C=O) groups excluding carboxylic acids is 2. The second kappa shape index (κ2) is 11.1. The highest BCUT2D eigenvalue weighted by Crippen LogP contribution is 2.44. The molecule has 4 rings (SSSR count). The van der Waals surface area contributed by atoms with Crippen LogP contribution in [-0.4, -0.2) is 32.3 Å². The van der Waals surface area contributed by atoms with Crippen molar-refractivity contribution in [3.63, 3.8) is 0 Å². The minimum atomic E-state index is -0.174. The molecule has 1 aliphatic carbocycles. The molecule has 0 fully saturated rings. The number of hydrogen-bond acceptors (Lipinski definition) is 7. The van der Waals surface area contributed by atoms with Gasteiger partial charge in [0.05, 0.1) is 11.3 Å². The van der Waals surface area contributed by atoms with Crippen molar-refractivity contribution in [3.8, 4) is 17.5 Å². The molecule has 37 heavy (non-hydrogen) atoms. The smallest absolute Gasteiger partial charge is 0.235 e. The lowest BCUT2D eigenvalue weighted by Crippen LogP contribution is -2.26. The molecule has 2 amide bonds. The summed E-state index contributed by atoms with van der Waals surface area (Å²) in [5, 5.41) is 25.5. The molecule has 0 saturated carbocycles. The Hall–Kier alpha value is -3.16. The summed E-state index contributed by atoms with van der Waals surface area (Å²) in [6, 6.07) is 9.76. The predicted octanol–water partition coefficient (Wildman–Crippen LogP) is 5.74. The summed E-state index contributed by atoms with van der Waals surface area (Å²) in [4.78, 5) is 25.5. The van der Waals surface area contributed by atoms with Crippen molar-refractivity contribution in [1.82, 2.24) is 14.8 Å². The first-order valence-corrected chi connectivity index (χ1v) is 14.2. The van der Waals surface area contributed by atoms with Crippen LogP contribution in [-0.2, 0) is 29.0 Å². The molecular formula is C27H32N6O2S2. The van der Waals surface area contributed by atoms with Crippen molar-refractivity contribution in [2.45, 2.75) is 65.6 Å². The summed E-state index contributed by atoms with van der Waals surface area (Å²) in [7, 11) is 0. The van der Waals surface area contributed by atoms with Gasteiger partial charge in [-0.3, -0.25) is 9.59 Å². The van der Waals surface area contributed by atoms with Crippen LogP contribution in [0.1, 0.15) is 57.0 Å². The van der Waals surface area contributed by atoms with Crippen molar-refractivity contribution in [1.29, 1.82) is 5.26 Å². The second-order valence-electron chi connectivity index (χ2n) is 10.3.